The number of carbonyl (C=O) groups is 2. The Morgan fingerprint density at radius 2 is 1.68 bits per heavy atom. The first kappa shape index (κ1) is 20.8. The number of urea groups is 1. The van der Waals surface area contributed by atoms with E-state index in [1.165, 1.54) is 0 Å². The number of nitrogens with one attached hydrogen (secondary N) is 1. The van der Waals surface area contributed by atoms with Gasteiger partial charge in [0.1, 0.15) is 5.70 Å². The molecule has 0 atom stereocenters. The van der Waals surface area contributed by atoms with Crippen LogP contribution in [0.5, 0.6) is 0 Å². The Morgan fingerprint density at radius 3 is 2.32 bits per heavy atom. The molecule has 1 saturated heterocycles. The second-order valence-electron chi connectivity index (χ2n) is 7.68. The molecule has 2 heterocycles. The van der Waals surface area contributed by atoms with Gasteiger partial charge >= 0.3 is 6.03 Å². The highest BCUT2D eigenvalue weighted by Gasteiger charge is 2.35. The summed E-state index contributed by atoms with van der Waals surface area (Å²) in [5.74, 6) is -0.410. The molecule has 1 aliphatic rings. The average molecular weight is 435 g/mol. The minimum atomic E-state index is -0.494. The van der Waals surface area contributed by atoms with Crippen LogP contribution >= 0.6 is 11.6 Å². The van der Waals surface area contributed by atoms with Gasteiger partial charge in [-0.3, -0.25) is 4.79 Å². The van der Waals surface area contributed by atoms with E-state index in [-0.39, 0.29) is 5.70 Å². The summed E-state index contributed by atoms with van der Waals surface area (Å²) in [6.45, 7) is 4.01. The number of halogens is 1. The summed E-state index contributed by atoms with van der Waals surface area (Å²) >= 11 is 6.02. The van der Waals surface area contributed by atoms with E-state index < -0.39 is 11.9 Å². The van der Waals surface area contributed by atoms with Gasteiger partial charge in [0, 0.05) is 41.9 Å². The molecule has 1 fully saturated rings. The quantitative estimate of drug-likeness (QED) is 0.468. The number of carbonyl (C=O) groups excluding carboxylic acids is 2. The van der Waals surface area contributed by atoms with E-state index in [9.17, 15) is 9.59 Å². The third-order valence-electron chi connectivity index (χ3n) is 5.34. The first-order chi connectivity index (χ1) is 14.8. The number of aryl methyl sites for hydroxylation is 1. The monoisotopic (exact) mass is 434 g/mol. The SMILES string of the molecule is Cc1cc(/C=C2/NC(=O)N(c3cccc(Cl)c3)C2=O)c(C)n1-c1ccc(N(C)C)cc1. The van der Waals surface area contributed by atoms with Crippen molar-refractivity contribution in [3.63, 3.8) is 0 Å². The maximum atomic E-state index is 12.9. The number of benzene rings is 2. The predicted octanol–water partition coefficient (Wildman–Crippen LogP) is 4.91. The Kier molecular flexibility index (Phi) is 5.33. The van der Waals surface area contributed by atoms with Gasteiger partial charge in [-0.15, -0.1) is 0 Å². The summed E-state index contributed by atoms with van der Waals surface area (Å²) in [5.41, 5.74) is 5.70. The van der Waals surface area contributed by atoms with E-state index in [4.69, 9.17) is 11.6 Å². The Balaban J connectivity index is 1.67. The Morgan fingerprint density at radius 1 is 0.968 bits per heavy atom. The first-order valence-corrected chi connectivity index (χ1v) is 10.2. The maximum Gasteiger partial charge on any atom is 0.333 e. The lowest BCUT2D eigenvalue weighted by atomic mass is 10.2. The van der Waals surface area contributed by atoms with Gasteiger partial charge in [-0.2, -0.15) is 0 Å². The molecule has 158 valence electrons. The molecule has 7 heteroatoms. The number of aromatic nitrogens is 1. The second kappa shape index (κ2) is 7.96. The molecule has 0 spiro atoms. The van der Waals surface area contributed by atoms with Crippen molar-refractivity contribution < 1.29 is 9.59 Å². The number of rotatable bonds is 4. The summed E-state index contributed by atoms with van der Waals surface area (Å²) in [7, 11) is 4.01. The second-order valence-corrected chi connectivity index (χ2v) is 8.12. The van der Waals surface area contributed by atoms with Crippen molar-refractivity contribution in [2.24, 2.45) is 0 Å². The van der Waals surface area contributed by atoms with Gasteiger partial charge in [0.15, 0.2) is 0 Å². The molecule has 0 saturated carbocycles. The van der Waals surface area contributed by atoms with Crippen LogP contribution in [0.1, 0.15) is 17.0 Å². The molecule has 4 rings (SSSR count). The smallest absolute Gasteiger partial charge is 0.333 e. The van der Waals surface area contributed by atoms with Crippen LogP contribution in [0, 0.1) is 13.8 Å². The van der Waals surface area contributed by atoms with E-state index in [2.05, 4.69) is 39.0 Å². The lowest BCUT2D eigenvalue weighted by molar-refractivity contribution is -0.113. The van der Waals surface area contributed by atoms with E-state index >= 15 is 0 Å². The number of imide groups is 1. The van der Waals surface area contributed by atoms with Gasteiger partial charge in [-0.1, -0.05) is 17.7 Å². The van der Waals surface area contributed by atoms with E-state index in [0.29, 0.717) is 10.7 Å². The third kappa shape index (κ3) is 3.82. The lowest BCUT2D eigenvalue weighted by Gasteiger charge is -2.15. The molecule has 0 radical (unpaired) electrons. The molecule has 0 unspecified atom stereocenters. The van der Waals surface area contributed by atoms with Gasteiger partial charge in [-0.05, 0) is 74.0 Å². The molecular weight excluding hydrogens is 412 g/mol. The zero-order valence-electron chi connectivity index (χ0n) is 17.8. The first-order valence-electron chi connectivity index (χ1n) is 9.85. The van der Waals surface area contributed by atoms with Gasteiger partial charge in [0.2, 0.25) is 0 Å². The molecule has 2 aromatic carbocycles. The minimum Gasteiger partial charge on any atom is -0.378 e. The highest BCUT2D eigenvalue weighted by molar-refractivity contribution is 6.32. The Bertz CT molecular complexity index is 1210. The molecule has 1 aliphatic heterocycles. The average Bonchev–Trinajstić information content (AvgIpc) is 3.16. The Labute approximate surface area is 186 Å². The third-order valence-corrected chi connectivity index (χ3v) is 5.57. The van der Waals surface area contributed by atoms with Crippen molar-refractivity contribution in [2.45, 2.75) is 13.8 Å². The fourth-order valence-corrected chi connectivity index (χ4v) is 3.96. The summed E-state index contributed by atoms with van der Waals surface area (Å²) in [6, 6.07) is 16.4. The molecule has 1 aromatic heterocycles. The zero-order valence-corrected chi connectivity index (χ0v) is 18.6. The molecule has 3 aromatic rings. The van der Waals surface area contributed by atoms with Crippen molar-refractivity contribution in [1.82, 2.24) is 9.88 Å². The minimum absolute atomic E-state index is 0.230. The van der Waals surface area contributed by atoms with Crippen LogP contribution < -0.4 is 15.1 Å². The van der Waals surface area contributed by atoms with Crippen LogP contribution in [-0.4, -0.2) is 30.6 Å². The van der Waals surface area contributed by atoms with Gasteiger partial charge in [0.25, 0.3) is 5.91 Å². The van der Waals surface area contributed by atoms with Crippen LogP contribution in [0.3, 0.4) is 0 Å². The fourth-order valence-electron chi connectivity index (χ4n) is 3.77. The van der Waals surface area contributed by atoms with Gasteiger partial charge < -0.3 is 14.8 Å². The normalized spacial score (nSPS) is 15.0. The van der Waals surface area contributed by atoms with Crippen molar-refractivity contribution in [3.05, 3.63) is 82.3 Å². The summed E-state index contributed by atoms with van der Waals surface area (Å²) in [6.07, 6.45) is 1.72. The van der Waals surface area contributed by atoms with Crippen LogP contribution in [-0.2, 0) is 4.79 Å². The van der Waals surface area contributed by atoms with Gasteiger partial charge in [-0.25, -0.2) is 9.69 Å². The highest BCUT2D eigenvalue weighted by atomic mass is 35.5. The van der Waals surface area contributed by atoms with E-state index in [1.54, 1.807) is 30.3 Å². The largest absolute Gasteiger partial charge is 0.378 e. The van der Waals surface area contributed by atoms with Crippen molar-refractivity contribution >= 4 is 41.0 Å². The highest BCUT2D eigenvalue weighted by Crippen LogP contribution is 2.27. The lowest BCUT2D eigenvalue weighted by Crippen LogP contribution is -2.30. The molecule has 0 bridgehead atoms. The van der Waals surface area contributed by atoms with Crippen molar-refractivity contribution in [2.75, 3.05) is 23.9 Å². The molecule has 6 nitrogen and oxygen atoms in total. The summed E-state index contributed by atoms with van der Waals surface area (Å²) in [4.78, 5) is 28.5. The van der Waals surface area contributed by atoms with Crippen LogP contribution in [0.25, 0.3) is 11.8 Å². The zero-order chi connectivity index (χ0) is 22.3. The molecule has 31 heavy (non-hydrogen) atoms. The number of hydrogen-bond acceptors (Lipinski definition) is 3. The van der Waals surface area contributed by atoms with Crippen LogP contribution in [0.15, 0.2) is 60.3 Å². The number of anilines is 2. The van der Waals surface area contributed by atoms with Crippen molar-refractivity contribution in [3.8, 4) is 5.69 Å². The molecule has 1 N–H and O–H groups in total. The molecule has 0 aliphatic carbocycles. The maximum absolute atomic E-state index is 12.9. The summed E-state index contributed by atoms with van der Waals surface area (Å²) in [5, 5.41) is 3.13. The summed E-state index contributed by atoms with van der Waals surface area (Å²) < 4.78 is 2.13. The Hall–Kier alpha value is -3.51. The standard InChI is InChI=1S/C24H23ClN4O2/c1-15-12-17(16(2)28(15)20-10-8-19(9-11-20)27(3)4)13-22-23(30)29(24(31)26-22)21-7-5-6-18(25)14-21/h5-14H,1-4H3,(H,26,31)/b22-13+. The fraction of sp³-hybridized carbons (Fsp3) is 0.167. The van der Waals surface area contributed by atoms with E-state index in [1.807, 2.05) is 34.0 Å². The van der Waals surface area contributed by atoms with Gasteiger partial charge in [0.05, 0.1) is 5.69 Å². The van der Waals surface area contributed by atoms with E-state index in [0.717, 1.165) is 33.2 Å². The topological polar surface area (TPSA) is 57.6 Å². The van der Waals surface area contributed by atoms with Crippen molar-refractivity contribution in [1.29, 1.82) is 0 Å². The van der Waals surface area contributed by atoms with Crippen LogP contribution in [0.4, 0.5) is 16.2 Å². The number of hydrogen-bond donors (Lipinski definition) is 1. The number of amides is 3. The molecule has 3 amide bonds. The number of nitrogens with zero attached hydrogens (tertiary/aromatic N) is 3. The predicted molar refractivity (Wildman–Crippen MR) is 125 cm³/mol. The van der Waals surface area contributed by atoms with Crippen LogP contribution in [0.2, 0.25) is 5.02 Å². The molecular formula is C24H23ClN4O2.